The molecule has 1 aromatic rings. The molecule has 1 heterocycles. The van der Waals surface area contributed by atoms with Gasteiger partial charge in [-0.25, -0.2) is 4.79 Å². The van der Waals surface area contributed by atoms with Gasteiger partial charge in [-0.3, -0.25) is 0 Å². The Labute approximate surface area is 80.9 Å². The molecular formula is C11H8O3. The Morgan fingerprint density at radius 2 is 2.14 bits per heavy atom. The van der Waals surface area contributed by atoms with Crippen molar-refractivity contribution < 1.29 is 14.6 Å². The number of carboxylic acid groups (broad SMARTS) is 1. The third-order valence-corrected chi connectivity index (χ3v) is 1.92. The SMILES string of the molecule is O=C(O)c1ccc2c(c1)C=CC=CO2. The number of allylic oxidation sites excluding steroid dienone is 2. The van der Waals surface area contributed by atoms with Crippen molar-refractivity contribution in [1.29, 1.82) is 0 Å². The normalized spacial score (nSPS) is 12.9. The Kier molecular flexibility index (Phi) is 2.07. The zero-order valence-electron chi connectivity index (χ0n) is 7.31. The minimum atomic E-state index is -0.932. The number of ether oxygens (including phenoxy) is 1. The van der Waals surface area contributed by atoms with E-state index in [-0.39, 0.29) is 5.56 Å². The van der Waals surface area contributed by atoms with Gasteiger partial charge < -0.3 is 9.84 Å². The summed E-state index contributed by atoms with van der Waals surface area (Å²) in [4.78, 5) is 10.7. The lowest BCUT2D eigenvalue weighted by atomic mass is 10.1. The molecule has 70 valence electrons. The van der Waals surface area contributed by atoms with Crippen LogP contribution in [-0.2, 0) is 0 Å². The minimum Gasteiger partial charge on any atom is -0.478 e. The molecule has 0 saturated heterocycles. The smallest absolute Gasteiger partial charge is 0.335 e. The molecule has 0 bridgehead atoms. The average molecular weight is 188 g/mol. The molecule has 3 heteroatoms. The Balaban J connectivity index is 2.49. The fraction of sp³-hybridized carbons (Fsp3) is 0. The van der Waals surface area contributed by atoms with E-state index in [0.717, 1.165) is 5.56 Å². The molecule has 1 aliphatic rings. The van der Waals surface area contributed by atoms with Crippen molar-refractivity contribution in [3.05, 3.63) is 47.7 Å². The summed E-state index contributed by atoms with van der Waals surface area (Å²) < 4.78 is 5.25. The fourth-order valence-electron chi connectivity index (χ4n) is 1.24. The Hall–Kier alpha value is -2.03. The van der Waals surface area contributed by atoms with Crippen LogP contribution >= 0.6 is 0 Å². The molecule has 0 fully saturated rings. The van der Waals surface area contributed by atoms with Gasteiger partial charge in [-0.15, -0.1) is 0 Å². The highest BCUT2D eigenvalue weighted by atomic mass is 16.5. The number of aromatic carboxylic acids is 1. The average Bonchev–Trinajstić information content (AvgIpc) is 2.41. The highest BCUT2D eigenvalue weighted by Gasteiger charge is 2.07. The molecule has 0 atom stereocenters. The second-order valence-corrected chi connectivity index (χ2v) is 2.86. The molecule has 3 nitrogen and oxygen atoms in total. The first kappa shape index (κ1) is 8.56. The first-order chi connectivity index (χ1) is 6.77. The van der Waals surface area contributed by atoms with E-state index in [0.29, 0.717) is 5.75 Å². The highest BCUT2D eigenvalue weighted by molar-refractivity contribution is 5.89. The topological polar surface area (TPSA) is 46.5 Å². The van der Waals surface area contributed by atoms with Gasteiger partial charge >= 0.3 is 5.97 Å². The Morgan fingerprint density at radius 1 is 1.29 bits per heavy atom. The molecule has 0 saturated carbocycles. The Morgan fingerprint density at radius 3 is 2.93 bits per heavy atom. The van der Waals surface area contributed by atoms with Gasteiger partial charge in [-0.05, 0) is 24.3 Å². The summed E-state index contributed by atoms with van der Waals surface area (Å²) >= 11 is 0. The maximum atomic E-state index is 10.7. The monoisotopic (exact) mass is 188 g/mol. The fourth-order valence-corrected chi connectivity index (χ4v) is 1.24. The molecule has 0 spiro atoms. The standard InChI is InChI=1S/C11H8O3/c12-11(13)9-4-5-10-8(7-9)3-1-2-6-14-10/h1-7H,(H,12,13). The lowest BCUT2D eigenvalue weighted by molar-refractivity contribution is 0.0697. The van der Waals surface area contributed by atoms with Gasteiger partial charge in [0, 0.05) is 5.56 Å². The Bertz CT molecular complexity index is 430. The van der Waals surface area contributed by atoms with Gasteiger partial charge in [-0.1, -0.05) is 12.2 Å². The third kappa shape index (κ3) is 1.52. The van der Waals surface area contributed by atoms with Gasteiger partial charge in [0.15, 0.2) is 0 Å². The number of fused-ring (bicyclic) bond motifs is 1. The molecule has 14 heavy (non-hydrogen) atoms. The summed E-state index contributed by atoms with van der Waals surface area (Å²) in [5, 5.41) is 8.78. The van der Waals surface area contributed by atoms with Gasteiger partial charge in [0.25, 0.3) is 0 Å². The van der Waals surface area contributed by atoms with Gasteiger partial charge in [-0.2, -0.15) is 0 Å². The maximum absolute atomic E-state index is 10.7. The number of rotatable bonds is 1. The molecule has 1 aliphatic heterocycles. The molecule has 1 N–H and O–H groups in total. The van der Waals surface area contributed by atoms with Crippen molar-refractivity contribution in [3.63, 3.8) is 0 Å². The molecule has 0 radical (unpaired) electrons. The molecular weight excluding hydrogens is 180 g/mol. The van der Waals surface area contributed by atoms with E-state index in [2.05, 4.69) is 0 Å². The van der Waals surface area contributed by atoms with Crippen molar-refractivity contribution in [2.24, 2.45) is 0 Å². The molecule has 0 amide bonds. The van der Waals surface area contributed by atoms with Crippen LogP contribution < -0.4 is 4.74 Å². The molecule has 2 rings (SSSR count). The summed E-state index contributed by atoms with van der Waals surface area (Å²) in [6, 6.07) is 4.76. The van der Waals surface area contributed by atoms with Crippen molar-refractivity contribution in [1.82, 2.24) is 0 Å². The summed E-state index contributed by atoms with van der Waals surface area (Å²) in [5.74, 6) is -0.265. The number of hydrogen-bond acceptors (Lipinski definition) is 2. The van der Waals surface area contributed by atoms with Crippen molar-refractivity contribution in [3.8, 4) is 5.75 Å². The van der Waals surface area contributed by atoms with E-state index >= 15 is 0 Å². The quantitative estimate of drug-likeness (QED) is 0.735. The molecule has 0 aromatic heterocycles. The van der Waals surface area contributed by atoms with E-state index in [1.165, 1.54) is 6.07 Å². The summed E-state index contributed by atoms with van der Waals surface area (Å²) in [7, 11) is 0. The van der Waals surface area contributed by atoms with Crippen molar-refractivity contribution >= 4 is 12.0 Å². The predicted molar refractivity (Wildman–Crippen MR) is 52.2 cm³/mol. The number of hydrogen-bond donors (Lipinski definition) is 1. The largest absolute Gasteiger partial charge is 0.478 e. The zero-order chi connectivity index (χ0) is 9.97. The van der Waals surface area contributed by atoms with Crippen LogP contribution in [0, 0.1) is 0 Å². The molecule has 1 aromatic carbocycles. The first-order valence-corrected chi connectivity index (χ1v) is 4.14. The van der Waals surface area contributed by atoms with Crippen LogP contribution in [0.1, 0.15) is 15.9 Å². The number of benzene rings is 1. The van der Waals surface area contributed by atoms with E-state index in [9.17, 15) is 4.79 Å². The lowest BCUT2D eigenvalue weighted by Crippen LogP contribution is -1.97. The second-order valence-electron chi connectivity index (χ2n) is 2.86. The van der Waals surface area contributed by atoms with Crippen LogP contribution in [0.25, 0.3) is 6.08 Å². The minimum absolute atomic E-state index is 0.263. The van der Waals surface area contributed by atoms with Crippen molar-refractivity contribution in [2.75, 3.05) is 0 Å². The third-order valence-electron chi connectivity index (χ3n) is 1.92. The summed E-state index contributed by atoms with van der Waals surface area (Å²) in [6.07, 6.45) is 6.92. The van der Waals surface area contributed by atoms with E-state index in [4.69, 9.17) is 9.84 Å². The summed E-state index contributed by atoms with van der Waals surface area (Å²) in [6.45, 7) is 0. The van der Waals surface area contributed by atoms with Crippen molar-refractivity contribution in [2.45, 2.75) is 0 Å². The zero-order valence-corrected chi connectivity index (χ0v) is 7.31. The van der Waals surface area contributed by atoms with Crippen LogP contribution in [0.15, 0.2) is 36.6 Å². The predicted octanol–water partition coefficient (Wildman–Crippen LogP) is 2.30. The van der Waals surface area contributed by atoms with Crippen LogP contribution in [0.2, 0.25) is 0 Å². The number of carbonyl (C=O) groups is 1. The van der Waals surface area contributed by atoms with E-state index in [1.807, 2.05) is 6.08 Å². The maximum Gasteiger partial charge on any atom is 0.335 e. The molecule has 0 aliphatic carbocycles. The molecule has 0 unspecified atom stereocenters. The van der Waals surface area contributed by atoms with Gasteiger partial charge in [0.2, 0.25) is 0 Å². The van der Waals surface area contributed by atoms with Crippen LogP contribution in [0.4, 0.5) is 0 Å². The second kappa shape index (κ2) is 3.38. The van der Waals surface area contributed by atoms with Gasteiger partial charge in [0.05, 0.1) is 11.8 Å². The van der Waals surface area contributed by atoms with Crippen LogP contribution in [0.5, 0.6) is 5.75 Å². The number of carboxylic acids is 1. The van der Waals surface area contributed by atoms with E-state index < -0.39 is 5.97 Å². The lowest BCUT2D eigenvalue weighted by Gasteiger charge is -2.04. The summed E-state index contributed by atoms with van der Waals surface area (Å²) in [5.41, 5.74) is 1.04. The van der Waals surface area contributed by atoms with Crippen LogP contribution in [-0.4, -0.2) is 11.1 Å². The van der Waals surface area contributed by atoms with Crippen LogP contribution in [0.3, 0.4) is 0 Å². The first-order valence-electron chi connectivity index (χ1n) is 4.14. The van der Waals surface area contributed by atoms with Gasteiger partial charge in [0.1, 0.15) is 5.75 Å². The highest BCUT2D eigenvalue weighted by Crippen LogP contribution is 2.23. The van der Waals surface area contributed by atoms with E-state index in [1.54, 1.807) is 30.5 Å².